The lowest BCUT2D eigenvalue weighted by Gasteiger charge is -2.34. The first-order chi connectivity index (χ1) is 11.8. The number of halogens is 1. The smallest absolute Gasteiger partial charge is 0.338 e. The van der Waals surface area contributed by atoms with Crippen molar-refractivity contribution in [3.63, 3.8) is 0 Å². The van der Waals surface area contributed by atoms with Crippen molar-refractivity contribution in [2.45, 2.75) is 24.8 Å². The molecule has 1 aliphatic heterocycles. The number of ether oxygens (including phenoxy) is 1. The minimum atomic E-state index is -3.67. The molecule has 1 heterocycles. The highest BCUT2D eigenvalue weighted by Gasteiger charge is 2.30. The van der Waals surface area contributed by atoms with Gasteiger partial charge in [-0.05, 0) is 38.1 Å². The van der Waals surface area contributed by atoms with Crippen molar-refractivity contribution in [3.05, 3.63) is 29.8 Å². The summed E-state index contributed by atoms with van der Waals surface area (Å²) in [6.07, 6.45) is 0. The maximum atomic E-state index is 12.7. The number of hydrogen-bond acceptors (Lipinski definition) is 6. The predicted octanol–water partition coefficient (Wildman–Crippen LogP) is 0.465. The minimum Gasteiger partial charge on any atom is -0.462 e. The van der Waals surface area contributed by atoms with Crippen LogP contribution in [0.5, 0.6) is 0 Å². The second kappa shape index (κ2) is 9.31. The normalized spacial score (nSPS) is 16.5. The van der Waals surface area contributed by atoms with Gasteiger partial charge in [-0.25, -0.2) is 13.2 Å². The van der Waals surface area contributed by atoms with Crippen molar-refractivity contribution in [1.29, 1.82) is 0 Å². The summed E-state index contributed by atoms with van der Waals surface area (Å²) in [6, 6.07) is 5.04. The van der Waals surface area contributed by atoms with Gasteiger partial charge in [0.15, 0.2) is 0 Å². The van der Waals surface area contributed by atoms with Crippen LogP contribution in [0.15, 0.2) is 29.2 Å². The summed E-state index contributed by atoms with van der Waals surface area (Å²) in [5.41, 5.74) is 5.88. The highest BCUT2D eigenvalue weighted by molar-refractivity contribution is 7.89. The van der Waals surface area contributed by atoms with Gasteiger partial charge in [0.25, 0.3) is 0 Å². The van der Waals surface area contributed by atoms with Crippen LogP contribution in [-0.4, -0.2) is 68.3 Å². The molecule has 8 nitrogen and oxygen atoms in total. The predicted molar refractivity (Wildman–Crippen MR) is 98.6 cm³/mol. The van der Waals surface area contributed by atoms with E-state index in [1.807, 2.05) is 0 Å². The third-order valence-electron chi connectivity index (χ3n) is 3.94. The fourth-order valence-corrected chi connectivity index (χ4v) is 3.99. The van der Waals surface area contributed by atoms with Gasteiger partial charge in [0.05, 0.1) is 23.1 Å². The molecule has 0 aliphatic carbocycles. The molecular weight excluding hydrogens is 382 g/mol. The number of piperazine rings is 1. The molecule has 2 rings (SSSR count). The Morgan fingerprint density at radius 2 is 1.69 bits per heavy atom. The average molecular weight is 406 g/mol. The molecule has 1 saturated heterocycles. The summed E-state index contributed by atoms with van der Waals surface area (Å²) < 4.78 is 31.6. The van der Waals surface area contributed by atoms with Crippen LogP contribution in [0.25, 0.3) is 0 Å². The molecule has 0 bridgehead atoms. The molecule has 0 saturated carbocycles. The van der Waals surface area contributed by atoms with Gasteiger partial charge in [-0.1, -0.05) is 0 Å². The second-order valence-electron chi connectivity index (χ2n) is 5.76. The highest BCUT2D eigenvalue weighted by Crippen LogP contribution is 2.19. The number of hydrogen-bond donors (Lipinski definition) is 1. The van der Waals surface area contributed by atoms with E-state index in [0.717, 1.165) is 0 Å². The minimum absolute atomic E-state index is 0. The lowest BCUT2D eigenvalue weighted by molar-refractivity contribution is -0.133. The molecule has 1 atom stereocenters. The molecule has 0 radical (unpaired) electrons. The van der Waals surface area contributed by atoms with Crippen LogP contribution < -0.4 is 5.73 Å². The Kier molecular flexibility index (Phi) is 8.01. The van der Waals surface area contributed by atoms with Crippen LogP contribution in [0.3, 0.4) is 0 Å². The van der Waals surface area contributed by atoms with E-state index in [1.165, 1.54) is 28.6 Å². The molecular formula is C16H24ClN3O5S. The topological polar surface area (TPSA) is 110 Å². The lowest BCUT2D eigenvalue weighted by atomic mass is 10.2. The maximum Gasteiger partial charge on any atom is 0.338 e. The molecule has 1 amide bonds. The molecule has 26 heavy (non-hydrogen) atoms. The fraction of sp³-hybridized carbons (Fsp3) is 0.500. The maximum absolute atomic E-state index is 12.7. The summed E-state index contributed by atoms with van der Waals surface area (Å²) in [6.45, 7) is 4.59. The van der Waals surface area contributed by atoms with Crippen LogP contribution in [0.1, 0.15) is 24.2 Å². The number of sulfonamides is 1. The third-order valence-corrected chi connectivity index (χ3v) is 5.86. The van der Waals surface area contributed by atoms with E-state index < -0.39 is 22.0 Å². The summed E-state index contributed by atoms with van der Waals surface area (Å²) in [5.74, 6) is -0.676. The zero-order valence-corrected chi connectivity index (χ0v) is 16.4. The van der Waals surface area contributed by atoms with E-state index in [0.29, 0.717) is 18.7 Å². The number of benzene rings is 1. The molecule has 1 unspecified atom stereocenters. The summed E-state index contributed by atoms with van der Waals surface area (Å²) in [4.78, 5) is 25.2. The monoisotopic (exact) mass is 405 g/mol. The first-order valence-corrected chi connectivity index (χ1v) is 9.53. The Morgan fingerprint density at radius 1 is 1.15 bits per heavy atom. The number of amides is 1. The van der Waals surface area contributed by atoms with Crippen molar-refractivity contribution in [2.75, 3.05) is 32.8 Å². The Morgan fingerprint density at radius 3 is 2.15 bits per heavy atom. The van der Waals surface area contributed by atoms with E-state index in [2.05, 4.69) is 0 Å². The molecule has 1 fully saturated rings. The number of nitrogens with zero attached hydrogens (tertiary/aromatic N) is 2. The summed E-state index contributed by atoms with van der Waals surface area (Å²) in [7, 11) is -3.67. The Bertz CT molecular complexity index is 729. The summed E-state index contributed by atoms with van der Waals surface area (Å²) >= 11 is 0. The zero-order chi connectivity index (χ0) is 18.6. The van der Waals surface area contributed by atoms with Gasteiger partial charge < -0.3 is 15.4 Å². The standard InChI is InChI=1S/C16H23N3O5S.ClH/c1-3-24-16(21)13-4-6-14(7-5-13)25(22,23)19-10-8-18(9-11-19)15(20)12(2)17;/h4-7,12H,3,8-11,17H2,1-2H3;1H. The van der Waals surface area contributed by atoms with E-state index in [9.17, 15) is 18.0 Å². The van der Waals surface area contributed by atoms with Gasteiger partial charge in [0.1, 0.15) is 0 Å². The lowest BCUT2D eigenvalue weighted by Crippen LogP contribution is -2.53. The number of carbonyl (C=O) groups excluding carboxylic acids is 2. The molecule has 0 aromatic heterocycles. The number of esters is 1. The van der Waals surface area contributed by atoms with Crippen molar-refractivity contribution in [1.82, 2.24) is 9.21 Å². The van der Waals surface area contributed by atoms with Crippen molar-refractivity contribution in [2.24, 2.45) is 5.73 Å². The SMILES string of the molecule is CCOC(=O)c1ccc(S(=O)(=O)N2CCN(C(=O)C(C)N)CC2)cc1.Cl. The van der Waals surface area contributed by atoms with Crippen LogP contribution >= 0.6 is 12.4 Å². The van der Waals surface area contributed by atoms with Gasteiger partial charge in [-0.2, -0.15) is 4.31 Å². The Balaban J connectivity index is 0.00000338. The molecule has 10 heteroatoms. The second-order valence-corrected chi connectivity index (χ2v) is 7.70. The molecule has 1 aromatic rings. The van der Waals surface area contributed by atoms with Crippen molar-refractivity contribution < 1.29 is 22.7 Å². The van der Waals surface area contributed by atoms with Crippen molar-refractivity contribution in [3.8, 4) is 0 Å². The van der Waals surface area contributed by atoms with E-state index in [-0.39, 0.29) is 42.9 Å². The van der Waals surface area contributed by atoms with Crippen molar-refractivity contribution >= 4 is 34.3 Å². The summed E-state index contributed by atoms with van der Waals surface area (Å²) in [5, 5.41) is 0. The molecule has 1 aliphatic rings. The molecule has 2 N–H and O–H groups in total. The van der Waals surface area contributed by atoms with Gasteiger partial charge in [0, 0.05) is 26.2 Å². The number of rotatable bonds is 5. The van der Waals surface area contributed by atoms with Crippen LogP contribution in [-0.2, 0) is 19.6 Å². The quantitative estimate of drug-likeness (QED) is 0.713. The van der Waals surface area contributed by atoms with Crippen LogP contribution in [0, 0.1) is 0 Å². The van der Waals surface area contributed by atoms with Gasteiger partial charge >= 0.3 is 5.97 Å². The number of carbonyl (C=O) groups is 2. The van der Waals surface area contributed by atoms with Gasteiger partial charge in [0.2, 0.25) is 15.9 Å². The largest absolute Gasteiger partial charge is 0.462 e. The van der Waals surface area contributed by atoms with E-state index in [4.69, 9.17) is 10.5 Å². The van der Waals surface area contributed by atoms with Gasteiger partial charge in [-0.3, -0.25) is 4.79 Å². The van der Waals surface area contributed by atoms with Gasteiger partial charge in [-0.15, -0.1) is 12.4 Å². The van der Waals surface area contributed by atoms with E-state index in [1.54, 1.807) is 18.7 Å². The first kappa shape index (κ1) is 22.4. The fourth-order valence-electron chi connectivity index (χ4n) is 2.56. The first-order valence-electron chi connectivity index (χ1n) is 8.09. The Hall–Kier alpha value is -1.68. The molecule has 146 valence electrons. The van der Waals surface area contributed by atoms with Crippen LogP contribution in [0.2, 0.25) is 0 Å². The zero-order valence-electron chi connectivity index (χ0n) is 14.8. The average Bonchev–Trinajstić information content (AvgIpc) is 2.61. The molecule has 0 spiro atoms. The Labute approximate surface area is 159 Å². The number of nitrogens with two attached hydrogens (primary N) is 1. The third kappa shape index (κ3) is 4.94. The highest BCUT2D eigenvalue weighted by atomic mass is 35.5. The molecule has 1 aromatic carbocycles. The van der Waals surface area contributed by atoms with Crippen LogP contribution in [0.4, 0.5) is 0 Å². The van der Waals surface area contributed by atoms with E-state index >= 15 is 0 Å².